The van der Waals surface area contributed by atoms with Crippen molar-refractivity contribution >= 4 is 291 Å². The molecule has 2 spiro atoms. The third-order valence-corrected chi connectivity index (χ3v) is 26.4. The van der Waals surface area contributed by atoms with E-state index in [0.29, 0.717) is 19.8 Å². The van der Waals surface area contributed by atoms with Crippen LogP contribution in [0.5, 0.6) is 0 Å². The highest BCUT2D eigenvalue weighted by atomic mass is 127. The van der Waals surface area contributed by atoms with Crippen molar-refractivity contribution in [3.05, 3.63) is 22.3 Å². The van der Waals surface area contributed by atoms with Gasteiger partial charge in [-0.2, -0.15) is 0 Å². The van der Waals surface area contributed by atoms with Gasteiger partial charge in [0.15, 0.2) is 0 Å². The van der Waals surface area contributed by atoms with Gasteiger partial charge in [0, 0.05) is 0 Å². The zero-order valence-corrected chi connectivity index (χ0v) is 42.3. The average Bonchev–Trinajstić information content (AvgIpc) is 4.36. The molecule has 1 aliphatic heterocycles. The van der Waals surface area contributed by atoms with Gasteiger partial charge in [0.2, 0.25) is 0 Å². The van der Waals surface area contributed by atoms with Gasteiger partial charge in [0.05, 0.1) is 63.9 Å². The molecular weight excluding hydrogens is 1050 g/mol. The van der Waals surface area contributed by atoms with Gasteiger partial charge in [-0.3, -0.25) is 0 Å². The number of benzene rings is 18. The Morgan fingerprint density at radius 3 is 0.613 bits per heavy atom. The summed E-state index contributed by atoms with van der Waals surface area (Å²) in [6.07, 6.45) is 0. The maximum atomic E-state index is 6.66. The molecule has 0 saturated carbocycles. The fourth-order valence-electron chi connectivity index (χ4n) is 26.2. The van der Waals surface area contributed by atoms with Crippen molar-refractivity contribution in [1.29, 1.82) is 0 Å². The third-order valence-electron chi connectivity index (χ3n) is 26.4. The van der Waals surface area contributed by atoms with E-state index < -0.39 is 0 Å². The van der Waals surface area contributed by atoms with E-state index in [4.69, 9.17) is 9.47 Å². The van der Waals surface area contributed by atoms with E-state index >= 15 is 0 Å². The number of quaternary nitrogens is 2. The molecule has 4 aliphatic carbocycles. The first kappa shape index (κ1) is 32.7. The largest absolute Gasteiger partial charge is 1.00 e. The van der Waals surface area contributed by atoms with Gasteiger partial charge in [0.1, 0.15) is 6.54 Å². The molecule has 0 aromatic heterocycles. The van der Waals surface area contributed by atoms with E-state index in [0.717, 1.165) is 37.3 Å². The Bertz CT molecular complexity index is 6640. The molecular formula is C69H22ClIN2O2. The van der Waals surface area contributed by atoms with E-state index in [1.54, 1.807) is 313 Å². The molecule has 0 bridgehead atoms. The Hall–Kier alpha value is -6.68. The van der Waals surface area contributed by atoms with E-state index in [1.807, 2.05) is 0 Å². The van der Waals surface area contributed by atoms with Gasteiger partial charge in [-0.25, -0.2) is 0 Å². The van der Waals surface area contributed by atoms with Crippen LogP contribution < -0.4 is 42.1 Å². The fourth-order valence-corrected chi connectivity index (χ4v) is 26.2. The lowest BCUT2D eigenvalue weighted by atomic mass is 9.50. The predicted octanol–water partition coefficient (Wildman–Crippen LogP) is 9.04. The molecule has 33 rings (SSSR count). The maximum absolute atomic E-state index is 6.66. The lowest BCUT2D eigenvalue weighted by Gasteiger charge is -2.47. The van der Waals surface area contributed by atoms with Crippen LogP contribution in [0.3, 0.4) is 0 Å². The predicted molar refractivity (Wildman–Crippen MR) is 304 cm³/mol. The van der Waals surface area contributed by atoms with Crippen molar-refractivity contribution in [1.82, 2.24) is 0 Å². The molecule has 0 amide bonds. The van der Waals surface area contributed by atoms with E-state index in [-0.39, 0.29) is 47.2 Å². The van der Waals surface area contributed by atoms with Crippen molar-refractivity contribution in [2.45, 2.75) is 10.8 Å². The monoisotopic (exact) mass is 1070 g/mol. The molecule has 1 saturated heterocycles. The smallest absolute Gasteiger partial charge is 0.102 e. The lowest BCUT2D eigenvalue weighted by Crippen LogP contribution is -3.00. The topological polar surface area (TPSA) is 46.1 Å². The standard InChI is InChI=1S/C69H21N2O2.ClH.HI/c1-71(3-5-73-7-6-72-4-2-70)8-68-64-56-48-38-28-20-12-10-11-14-18-16(12)24-32-26(18)36-30-22(14)23-15(11)19-17-13(10)21(20)29-35-25(17)33-27(19)37-31(23)41-40(30)50-44(36)54-46(32)52(42(48)34(24)28)60(64)62(54)66-58(50)59-51(41)45(37)55-47(33)53-43(35)49(39(29)38)57(56)65(68)61(53)63(55)67(59)69(66,68)9-71;;/h2-9,70H2,1H3;2*1H/q+1;;/p-1. The second-order valence-corrected chi connectivity index (χ2v) is 27.3. The number of ether oxygens (including phenoxy) is 2. The Labute approximate surface area is 436 Å². The summed E-state index contributed by atoms with van der Waals surface area (Å²) in [5.41, 5.74) is 10.8. The number of halogens is 2. The minimum Gasteiger partial charge on any atom is -1.00 e. The van der Waals surface area contributed by atoms with Crippen LogP contribution in [-0.2, 0) is 20.3 Å². The van der Waals surface area contributed by atoms with Crippen molar-refractivity contribution < 1.29 is 56.1 Å². The van der Waals surface area contributed by atoms with Crippen LogP contribution >= 0.6 is 0 Å². The van der Waals surface area contributed by atoms with Crippen LogP contribution in [0.25, 0.3) is 291 Å². The van der Waals surface area contributed by atoms with Crippen LogP contribution in [0, 0.1) is 0 Å². The number of nitrogens with zero attached hydrogens (tertiary/aromatic N) is 1. The van der Waals surface area contributed by atoms with Gasteiger partial charge >= 0.3 is 0 Å². The number of likely N-dealkylation sites (N-methyl/N-ethyl adjacent to an activating group) is 1. The Morgan fingerprint density at radius 2 is 0.440 bits per heavy atom. The highest BCUT2D eigenvalue weighted by molar-refractivity contribution is 6.82. The fraction of sp³-hybridized carbons (Fsp3) is 0.159. The molecule has 75 heavy (non-hydrogen) atoms. The van der Waals surface area contributed by atoms with Crippen molar-refractivity contribution in [3.63, 3.8) is 0 Å². The molecule has 28 aromatic carbocycles. The van der Waals surface area contributed by atoms with Crippen LogP contribution in [0.4, 0.5) is 0 Å². The summed E-state index contributed by atoms with van der Waals surface area (Å²) in [5.74, 6) is 0. The molecule has 0 radical (unpaired) electrons. The highest BCUT2D eigenvalue weighted by Gasteiger charge is 2.76. The summed E-state index contributed by atoms with van der Waals surface area (Å²) >= 11 is 0. The maximum Gasteiger partial charge on any atom is 0.102 e. The van der Waals surface area contributed by atoms with Gasteiger partial charge in [-0.1, -0.05) is 0 Å². The SMILES string of the molecule is C[N+]1(CCOCCOCC[NH3+])CC23c4c5c6c7c8c9c(c%10c%11c2c2c4c4c%12c5c5c6c6c8c8c%13c9c9c%10c%10c%11c%11c2c2c4c4c%12c%12c5c5c6c8c6c8c%13c9c9c%10c%10c%11c2c2c4c4c%12c5c6c5c8c9c%10c2c45)C73C1.[Cl-].[I-]. The number of likely N-dealkylation sites (tertiary alicyclic amines) is 1. The summed E-state index contributed by atoms with van der Waals surface area (Å²) in [4.78, 5) is 0. The number of hydrogen-bond donors (Lipinski definition) is 1. The summed E-state index contributed by atoms with van der Waals surface area (Å²) in [6, 6.07) is 0. The zero-order valence-electron chi connectivity index (χ0n) is 39.4. The molecule has 0 atom stereocenters. The quantitative estimate of drug-likeness (QED) is 0.0716. The molecule has 0 unspecified atom stereocenters. The number of rotatable bonds is 8. The molecule has 1 heterocycles. The summed E-state index contributed by atoms with van der Waals surface area (Å²) in [5, 5.41) is 90.7. The summed E-state index contributed by atoms with van der Waals surface area (Å²) in [7, 11) is 2.69. The number of hydrogen-bond acceptors (Lipinski definition) is 2. The molecule has 6 heteroatoms. The Morgan fingerprint density at radius 1 is 0.280 bits per heavy atom. The zero-order chi connectivity index (χ0) is 44.1. The van der Waals surface area contributed by atoms with Gasteiger partial charge in [-0.15, -0.1) is 0 Å². The van der Waals surface area contributed by atoms with Crippen molar-refractivity contribution in [2.24, 2.45) is 0 Å². The first-order chi connectivity index (χ1) is 36.2. The Balaban J connectivity index is 0.00000174. The van der Waals surface area contributed by atoms with Crippen LogP contribution in [0.15, 0.2) is 0 Å². The highest BCUT2D eigenvalue weighted by Crippen LogP contribution is 2.85. The van der Waals surface area contributed by atoms with Gasteiger partial charge in [0.25, 0.3) is 0 Å². The van der Waals surface area contributed by atoms with E-state index in [2.05, 4.69) is 12.8 Å². The summed E-state index contributed by atoms with van der Waals surface area (Å²) < 4.78 is 13.6. The normalized spacial score (nSPS) is 23.6. The minimum atomic E-state index is -0.190. The first-order valence-corrected chi connectivity index (χ1v) is 27.8. The van der Waals surface area contributed by atoms with Crippen molar-refractivity contribution in [3.8, 4) is 0 Å². The Kier molecular flexibility index (Phi) is 3.38. The van der Waals surface area contributed by atoms with Crippen LogP contribution in [0.1, 0.15) is 22.3 Å². The lowest BCUT2D eigenvalue weighted by molar-refractivity contribution is -0.900. The second kappa shape index (κ2) is 7.76. The molecule has 28 aromatic rings. The molecule has 3 N–H and O–H groups in total. The average molecular weight is 1070 g/mol. The minimum absolute atomic E-state index is 0. The van der Waals surface area contributed by atoms with Crippen LogP contribution in [-0.4, -0.2) is 64.1 Å². The van der Waals surface area contributed by atoms with Gasteiger partial charge < -0.3 is 56.1 Å². The first-order valence-electron chi connectivity index (χ1n) is 27.8. The van der Waals surface area contributed by atoms with E-state index in [9.17, 15) is 0 Å². The summed E-state index contributed by atoms with van der Waals surface area (Å²) in [6.45, 7) is 6.84. The van der Waals surface area contributed by atoms with Crippen LogP contribution in [0.2, 0.25) is 0 Å². The molecule has 5 aliphatic rings. The van der Waals surface area contributed by atoms with Gasteiger partial charge in [-0.05, 0) is 313 Å². The van der Waals surface area contributed by atoms with Crippen molar-refractivity contribution in [2.75, 3.05) is 59.7 Å². The molecule has 334 valence electrons. The molecule has 1 fully saturated rings. The van der Waals surface area contributed by atoms with E-state index in [1.165, 1.54) is 0 Å². The third kappa shape index (κ3) is 1.90. The second-order valence-electron chi connectivity index (χ2n) is 27.3. The molecule has 4 nitrogen and oxygen atoms in total.